The van der Waals surface area contributed by atoms with E-state index in [1.807, 2.05) is 24.8 Å². The monoisotopic (exact) mass is 467 g/mol. The van der Waals surface area contributed by atoms with Crippen molar-refractivity contribution in [2.45, 2.75) is 49.3 Å². The van der Waals surface area contributed by atoms with Crippen LogP contribution in [0.15, 0.2) is 33.9 Å². The predicted molar refractivity (Wildman–Crippen MR) is 122 cm³/mol. The second-order valence-electron chi connectivity index (χ2n) is 10.9. The second-order valence-corrected chi connectivity index (χ2v) is 11.3. The Morgan fingerprint density at radius 2 is 2.03 bits per heavy atom. The number of allylic oxidation sites excluding steroid dienone is 1. The number of ether oxygens (including phenoxy) is 2. The van der Waals surface area contributed by atoms with E-state index in [0.717, 1.165) is 49.9 Å². The smallest absolute Gasteiger partial charge is 0.330 e. The first-order chi connectivity index (χ1) is 15.9. The lowest BCUT2D eigenvalue weighted by Crippen LogP contribution is -2.96. The summed E-state index contributed by atoms with van der Waals surface area (Å²) >= 11 is 6.53. The van der Waals surface area contributed by atoms with Crippen LogP contribution in [-0.4, -0.2) is 44.5 Å². The van der Waals surface area contributed by atoms with Gasteiger partial charge in [-0.15, -0.1) is 0 Å². The quantitative estimate of drug-likeness (QED) is 0.744. The highest BCUT2D eigenvalue weighted by Gasteiger charge is 2.95. The zero-order chi connectivity index (χ0) is 22.3. The summed E-state index contributed by atoms with van der Waals surface area (Å²) in [6.45, 7) is 0.743. The Morgan fingerprint density at radius 1 is 1.24 bits per heavy atom. The first-order valence-electron chi connectivity index (χ1n) is 11.9. The normalized spacial score (nSPS) is 43.7. The summed E-state index contributed by atoms with van der Waals surface area (Å²) < 4.78 is 15.5. The van der Waals surface area contributed by atoms with Gasteiger partial charge in [-0.05, 0) is 50.0 Å². The number of fused-ring (bicyclic) bond motifs is 2. The second kappa shape index (κ2) is 5.73. The Hall–Kier alpha value is -2.16. The average Bonchev–Trinajstić information content (AvgIpc) is 3.29. The van der Waals surface area contributed by atoms with Crippen molar-refractivity contribution < 1.29 is 9.47 Å². The van der Waals surface area contributed by atoms with Crippen LogP contribution in [0.2, 0.25) is 0 Å². The van der Waals surface area contributed by atoms with Crippen molar-refractivity contribution in [1.29, 1.82) is 0 Å². The number of aryl methyl sites for hydroxylation is 1. The lowest BCUT2D eigenvalue weighted by Gasteiger charge is -2.94. The third-order valence-corrected chi connectivity index (χ3v) is 10.5. The van der Waals surface area contributed by atoms with Crippen LogP contribution in [0.25, 0.3) is 11.2 Å². The van der Waals surface area contributed by atoms with Gasteiger partial charge in [0, 0.05) is 32.1 Å². The fourth-order valence-corrected chi connectivity index (χ4v) is 9.20. The van der Waals surface area contributed by atoms with Gasteiger partial charge < -0.3 is 14.8 Å². The summed E-state index contributed by atoms with van der Waals surface area (Å²) in [5.74, 6) is 2.11. The molecule has 5 fully saturated rings. The lowest BCUT2D eigenvalue weighted by molar-refractivity contribution is -0.485. The van der Waals surface area contributed by atoms with Crippen molar-refractivity contribution in [3.05, 3.63) is 39.6 Å². The molecule has 1 aliphatic heterocycles. The van der Waals surface area contributed by atoms with E-state index < -0.39 is 0 Å². The number of aromatic nitrogens is 4. The summed E-state index contributed by atoms with van der Waals surface area (Å²) in [6.07, 6.45) is 11.2. The molecule has 2 aromatic rings. The van der Waals surface area contributed by atoms with Crippen molar-refractivity contribution in [2.24, 2.45) is 30.2 Å². The molecule has 8 nitrogen and oxygen atoms in total. The van der Waals surface area contributed by atoms with Crippen LogP contribution < -0.4 is 11.0 Å². The van der Waals surface area contributed by atoms with Gasteiger partial charge in [0.2, 0.25) is 5.95 Å². The van der Waals surface area contributed by atoms with Crippen molar-refractivity contribution in [3.8, 4) is 0 Å². The molecule has 1 N–H and O–H groups in total. The van der Waals surface area contributed by atoms with Gasteiger partial charge in [0.25, 0.3) is 0 Å². The Labute approximate surface area is 195 Å². The summed E-state index contributed by atoms with van der Waals surface area (Å²) in [5, 5.41) is 3.92. The van der Waals surface area contributed by atoms with E-state index in [1.54, 1.807) is 10.8 Å². The molecule has 4 saturated carbocycles. The summed E-state index contributed by atoms with van der Waals surface area (Å²) in [7, 11) is 3.65. The molecular formula is C24H26ClN5O3. The number of hydrogen-bond acceptors (Lipinski definition) is 6. The van der Waals surface area contributed by atoms with Gasteiger partial charge in [-0.3, -0.25) is 9.13 Å². The Bertz CT molecular complexity index is 1360. The van der Waals surface area contributed by atoms with Crippen molar-refractivity contribution >= 4 is 28.7 Å². The van der Waals surface area contributed by atoms with Gasteiger partial charge in [0.05, 0.1) is 34.2 Å². The van der Waals surface area contributed by atoms with Gasteiger partial charge in [-0.1, -0.05) is 17.7 Å². The minimum atomic E-state index is -0.173. The molecule has 0 amide bonds. The van der Waals surface area contributed by atoms with Gasteiger partial charge >= 0.3 is 5.69 Å². The highest BCUT2D eigenvalue weighted by Crippen LogP contribution is 2.93. The first kappa shape index (κ1) is 19.2. The number of nitrogens with zero attached hydrogens (tertiary/aromatic N) is 4. The van der Waals surface area contributed by atoms with Crippen LogP contribution >= 0.6 is 11.6 Å². The molecule has 5 aliphatic carbocycles. The Kier molecular flexibility index (Phi) is 3.33. The molecule has 4 unspecified atom stereocenters. The number of methoxy groups -OCH3 is 1. The van der Waals surface area contributed by atoms with Gasteiger partial charge in [-0.2, -0.15) is 4.98 Å². The lowest BCUT2D eigenvalue weighted by atomic mass is 9.13. The molecule has 33 heavy (non-hydrogen) atoms. The van der Waals surface area contributed by atoms with Crippen molar-refractivity contribution in [2.75, 3.05) is 19.0 Å². The maximum absolute atomic E-state index is 13.5. The van der Waals surface area contributed by atoms with Crippen LogP contribution in [0.4, 0.5) is 5.95 Å². The minimum Gasteiger partial charge on any atom is -0.378 e. The summed E-state index contributed by atoms with van der Waals surface area (Å²) in [4.78, 5) is 22.9. The summed E-state index contributed by atoms with van der Waals surface area (Å²) in [5.41, 5.74) is 2.16. The number of imidazole rings is 1. The Morgan fingerprint density at radius 3 is 2.76 bits per heavy atom. The van der Waals surface area contributed by atoms with E-state index in [0.29, 0.717) is 34.4 Å². The zero-order valence-electron chi connectivity index (χ0n) is 18.7. The molecule has 0 bridgehead atoms. The highest BCUT2D eigenvalue weighted by molar-refractivity contribution is 6.32. The van der Waals surface area contributed by atoms with E-state index in [1.165, 1.54) is 0 Å². The maximum Gasteiger partial charge on any atom is 0.330 e. The predicted octanol–water partition coefficient (Wildman–Crippen LogP) is 2.88. The average molecular weight is 468 g/mol. The fraction of sp³-hybridized carbons (Fsp3) is 0.625. The van der Waals surface area contributed by atoms with Crippen molar-refractivity contribution in [3.63, 3.8) is 0 Å². The number of halogens is 1. The first-order valence-corrected chi connectivity index (χ1v) is 12.3. The van der Waals surface area contributed by atoms with E-state index in [9.17, 15) is 4.79 Å². The van der Waals surface area contributed by atoms with Gasteiger partial charge in [0.1, 0.15) is 5.52 Å². The molecule has 3 heterocycles. The number of hydrogen-bond donors (Lipinski definition) is 1. The number of anilines is 1. The highest BCUT2D eigenvalue weighted by atomic mass is 35.5. The number of rotatable bonds is 4. The third-order valence-electron chi connectivity index (χ3n) is 10.1. The van der Waals surface area contributed by atoms with Crippen LogP contribution in [0.5, 0.6) is 0 Å². The van der Waals surface area contributed by atoms with Crippen LogP contribution in [-0.2, 0) is 22.1 Å². The topological polar surface area (TPSA) is 83.2 Å². The van der Waals surface area contributed by atoms with Gasteiger partial charge in [0.15, 0.2) is 5.65 Å². The van der Waals surface area contributed by atoms with E-state index in [4.69, 9.17) is 26.1 Å². The van der Waals surface area contributed by atoms with Crippen LogP contribution in [0.1, 0.15) is 32.1 Å². The minimum absolute atomic E-state index is 0.00714. The molecule has 2 aromatic heterocycles. The third kappa shape index (κ3) is 1.85. The standard InChI is InChI=1S/C24H26ClN5O3/c1-29-17-11-26-20(27-16-5-12-3-4-33-18(12)6-15(16)25)28-19(17)30(21(29)31)22-7-13-9-23(32-2)10-14(8-22)24(13,22)23/h5-6,11-14,18H,3-4,7-10H2,1-2H3,(H,26,27,28). The molecule has 1 saturated heterocycles. The maximum atomic E-state index is 13.5. The molecule has 172 valence electrons. The molecular weight excluding hydrogens is 442 g/mol. The molecule has 8 rings (SSSR count). The molecule has 0 radical (unpaired) electrons. The van der Waals surface area contributed by atoms with E-state index >= 15 is 0 Å². The molecule has 9 heteroatoms. The molecule has 4 atom stereocenters. The van der Waals surface area contributed by atoms with Crippen molar-refractivity contribution in [1.82, 2.24) is 19.1 Å². The van der Waals surface area contributed by atoms with E-state index in [-0.39, 0.29) is 28.3 Å². The van der Waals surface area contributed by atoms with Crippen LogP contribution in [0.3, 0.4) is 0 Å². The van der Waals surface area contributed by atoms with E-state index in [2.05, 4.69) is 16.4 Å². The van der Waals surface area contributed by atoms with Crippen LogP contribution in [0, 0.1) is 23.2 Å². The Balaban J connectivity index is 1.22. The number of nitrogens with one attached hydrogen (secondary N) is 1. The molecule has 0 aromatic carbocycles. The largest absolute Gasteiger partial charge is 0.378 e. The van der Waals surface area contributed by atoms with Gasteiger partial charge in [-0.25, -0.2) is 9.78 Å². The molecule has 1 spiro atoms. The molecule has 6 aliphatic rings. The zero-order valence-corrected chi connectivity index (χ0v) is 19.4. The summed E-state index contributed by atoms with van der Waals surface area (Å²) in [6, 6.07) is 0. The fourth-order valence-electron chi connectivity index (χ4n) is 8.97. The SMILES string of the molecule is COC12CC3CC4(n5c(=O)n(C)c6cnc(NC7=CC8CCOC8C=C7Cl)nc65)CC(C1)C324.